The lowest BCUT2D eigenvalue weighted by atomic mass is 9.46. The van der Waals surface area contributed by atoms with Crippen molar-refractivity contribution in [3.8, 4) is 0 Å². The zero-order valence-electron chi connectivity index (χ0n) is 31.8. The molecule has 0 unspecified atom stereocenters. The number of allylic oxidation sites excluding steroid dienone is 1. The zero-order valence-corrected chi connectivity index (χ0v) is 31.8. The molecule has 0 aromatic rings. The van der Waals surface area contributed by atoms with Gasteiger partial charge in [0.15, 0.2) is 18.4 Å². The summed E-state index contributed by atoms with van der Waals surface area (Å²) < 4.78 is 30.1. The van der Waals surface area contributed by atoms with Crippen LogP contribution in [0.15, 0.2) is 11.6 Å². The first-order valence-corrected chi connectivity index (χ1v) is 20.1. The Hall–Kier alpha value is -0.860. The first kappa shape index (κ1) is 41.3. The van der Waals surface area contributed by atoms with Gasteiger partial charge in [-0.05, 0) is 73.5 Å². The molecule has 6 fully saturated rings. The third-order valence-electron chi connectivity index (χ3n) is 15.4. The van der Waals surface area contributed by atoms with Crippen molar-refractivity contribution in [2.24, 2.45) is 46.3 Å². The van der Waals surface area contributed by atoms with Crippen LogP contribution >= 0.6 is 0 Å². The second kappa shape index (κ2) is 15.4. The summed E-state index contributed by atoms with van der Waals surface area (Å²) in [5, 5.41) is 104. The minimum Gasteiger partial charge on any atom is -0.394 e. The summed E-state index contributed by atoms with van der Waals surface area (Å²) >= 11 is 0. The molecule has 4 aliphatic carbocycles. The van der Waals surface area contributed by atoms with Gasteiger partial charge >= 0.3 is 0 Å². The minimum atomic E-state index is -1.56. The van der Waals surface area contributed by atoms with Crippen molar-refractivity contribution in [1.82, 2.24) is 0 Å². The van der Waals surface area contributed by atoms with Crippen LogP contribution in [0.1, 0.15) is 79.1 Å². The maximum atomic E-state index is 12.0. The smallest absolute Gasteiger partial charge is 0.187 e. The van der Waals surface area contributed by atoms with Crippen LogP contribution in [-0.4, -0.2) is 156 Å². The molecule has 0 aromatic heterocycles. The van der Waals surface area contributed by atoms with Gasteiger partial charge in [-0.2, -0.15) is 0 Å². The van der Waals surface area contributed by atoms with Crippen LogP contribution in [0.2, 0.25) is 0 Å². The van der Waals surface area contributed by atoms with Gasteiger partial charge in [-0.15, -0.1) is 0 Å². The molecule has 7 aliphatic rings. The normalized spacial score (nSPS) is 55.0. The predicted molar refractivity (Wildman–Crippen MR) is 188 cm³/mol. The highest BCUT2D eigenvalue weighted by Crippen LogP contribution is 2.70. The molecule has 15 nitrogen and oxygen atoms in total. The standard InChI is InChI=1S/C39H64O15/c1-17(16-50-35-33(47)31(45)29(43)25(14-40)51-35)7-10-39(49)18(2)28-24(54-39)13-23-21-6-5-19-11-20(42)12-27(38(19,4)22(21)8-9-37(23,28)3)53-36-34(48)32(46)30(44)26(15-41)52-36/h5,17-18,20-36,40-49H,6-16H2,1-4H3/t17-,18-,20+,21+,22-,23-,24-,25+,26+,27+,28-,29+,30-,31-,32-,33+,34+,35+,36-,37-,38-,39+/m0/s1. The Morgan fingerprint density at radius 3 is 2.13 bits per heavy atom. The Kier molecular flexibility index (Phi) is 11.8. The van der Waals surface area contributed by atoms with E-state index in [1.807, 2.05) is 6.92 Å². The lowest BCUT2D eigenvalue weighted by Gasteiger charge is -2.60. The topological polar surface area (TPSA) is 248 Å². The van der Waals surface area contributed by atoms with Crippen molar-refractivity contribution < 1.29 is 74.7 Å². The molecule has 310 valence electrons. The highest BCUT2D eigenvalue weighted by atomic mass is 16.7. The molecular weight excluding hydrogens is 708 g/mol. The van der Waals surface area contributed by atoms with Crippen molar-refractivity contribution >= 4 is 0 Å². The third-order valence-corrected chi connectivity index (χ3v) is 15.4. The largest absolute Gasteiger partial charge is 0.394 e. The molecule has 7 rings (SSSR count). The van der Waals surface area contributed by atoms with Crippen molar-refractivity contribution in [1.29, 1.82) is 0 Å². The first-order valence-electron chi connectivity index (χ1n) is 20.1. The van der Waals surface area contributed by atoms with Crippen LogP contribution in [0.3, 0.4) is 0 Å². The Morgan fingerprint density at radius 2 is 1.48 bits per heavy atom. The number of rotatable bonds is 10. The van der Waals surface area contributed by atoms with Crippen LogP contribution in [0.5, 0.6) is 0 Å². The van der Waals surface area contributed by atoms with E-state index in [-0.39, 0.29) is 41.8 Å². The average molecular weight is 773 g/mol. The van der Waals surface area contributed by atoms with Crippen LogP contribution in [-0.2, 0) is 23.7 Å². The SMILES string of the molecule is C[C@@H](CC[C@@]1(O)O[C@H]2C[C@H]3[C@@H]4CC=C5C[C@@H](O)C[C@@H](O[C@@H]6O[C@H](CO)[C@H](O)[C@H](O)[C@H]6O)[C@]5(C)[C@H]4CC[C@]3(C)[C@H]2[C@@H]1C)CO[C@@H]1O[C@H](CO)[C@@H](O)[C@H](O)[C@H]1O. The number of ether oxygens (including phenoxy) is 5. The fourth-order valence-corrected chi connectivity index (χ4v) is 12.2. The van der Waals surface area contributed by atoms with E-state index in [0.29, 0.717) is 37.5 Å². The van der Waals surface area contributed by atoms with Gasteiger partial charge in [0.05, 0.1) is 38.1 Å². The molecular formula is C39H64O15. The highest BCUT2D eigenvalue weighted by Gasteiger charge is 2.68. The minimum absolute atomic E-state index is 0.0625. The average Bonchev–Trinajstić information content (AvgIpc) is 3.58. The number of aliphatic hydroxyl groups is 10. The maximum absolute atomic E-state index is 12.0. The fourth-order valence-electron chi connectivity index (χ4n) is 12.2. The van der Waals surface area contributed by atoms with Gasteiger partial charge < -0.3 is 74.7 Å². The lowest BCUT2D eigenvalue weighted by molar-refractivity contribution is -0.324. The van der Waals surface area contributed by atoms with Gasteiger partial charge in [0.2, 0.25) is 0 Å². The second-order valence-corrected chi connectivity index (χ2v) is 18.3. The van der Waals surface area contributed by atoms with Crippen molar-refractivity contribution in [2.45, 2.75) is 165 Å². The van der Waals surface area contributed by atoms with Crippen LogP contribution in [0.25, 0.3) is 0 Å². The second-order valence-electron chi connectivity index (χ2n) is 18.3. The number of hydrogen-bond acceptors (Lipinski definition) is 15. The van der Waals surface area contributed by atoms with E-state index < -0.39 is 98.0 Å². The Morgan fingerprint density at radius 1 is 0.852 bits per heavy atom. The summed E-state index contributed by atoms with van der Waals surface area (Å²) in [5.74, 6) is -0.566. The molecule has 3 saturated carbocycles. The Bertz CT molecular complexity index is 1350. The van der Waals surface area contributed by atoms with Crippen molar-refractivity contribution in [2.75, 3.05) is 19.8 Å². The molecule has 15 heteroatoms. The molecule has 0 amide bonds. The molecule has 3 saturated heterocycles. The number of fused-ring (bicyclic) bond motifs is 7. The molecule has 0 bridgehead atoms. The molecule has 22 atom stereocenters. The van der Waals surface area contributed by atoms with E-state index in [1.54, 1.807) is 0 Å². The number of aliphatic hydroxyl groups excluding tert-OH is 9. The fraction of sp³-hybridized carbons (Fsp3) is 0.949. The van der Waals surface area contributed by atoms with Crippen LogP contribution < -0.4 is 0 Å². The van der Waals surface area contributed by atoms with Gasteiger partial charge in [0.25, 0.3) is 0 Å². The molecule has 54 heavy (non-hydrogen) atoms. The monoisotopic (exact) mass is 772 g/mol. The molecule has 10 N–H and O–H groups in total. The van der Waals surface area contributed by atoms with E-state index in [0.717, 1.165) is 31.3 Å². The Labute approximate surface area is 316 Å². The summed E-state index contributed by atoms with van der Waals surface area (Å²) in [6.07, 6.45) is -7.41. The molecule has 0 aromatic carbocycles. The van der Waals surface area contributed by atoms with Gasteiger partial charge in [0.1, 0.15) is 48.8 Å². The molecule has 0 radical (unpaired) electrons. The van der Waals surface area contributed by atoms with E-state index >= 15 is 0 Å². The third kappa shape index (κ3) is 6.74. The zero-order chi connectivity index (χ0) is 39.1. The van der Waals surface area contributed by atoms with Crippen LogP contribution in [0.4, 0.5) is 0 Å². The van der Waals surface area contributed by atoms with E-state index in [4.69, 9.17) is 23.7 Å². The van der Waals surface area contributed by atoms with Gasteiger partial charge in [-0.25, -0.2) is 0 Å². The molecule has 3 heterocycles. The quantitative estimate of drug-likeness (QED) is 0.123. The summed E-state index contributed by atoms with van der Waals surface area (Å²) in [7, 11) is 0. The van der Waals surface area contributed by atoms with E-state index in [2.05, 4.69) is 26.8 Å². The first-order chi connectivity index (χ1) is 25.5. The van der Waals surface area contributed by atoms with Gasteiger partial charge in [-0.3, -0.25) is 0 Å². The summed E-state index contributed by atoms with van der Waals surface area (Å²) in [6.45, 7) is 7.67. The molecule has 3 aliphatic heterocycles. The lowest BCUT2D eigenvalue weighted by Crippen LogP contribution is -2.62. The van der Waals surface area contributed by atoms with E-state index in [9.17, 15) is 51.1 Å². The van der Waals surface area contributed by atoms with Crippen LogP contribution in [0, 0.1) is 46.3 Å². The van der Waals surface area contributed by atoms with E-state index in [1.165, 1.54) is 0 Å². The predicted octanol–water partition coefficient (Wildman–Crippen LogP) is -0.712. The van der Waals surface area contributed by atoms with Crippen molar-refractivity contribution in [3.63, 3.8) is 0 Å². The van der Waals surface area contributed by atoms with Gasteiger partial charge in [0, 0.05) is 24.2 Å². The maximum Gasteiger partial charge on any atom is 0.187 e. The molecule has 0 spiro atoms. The Balaban J connectivity index is 1.01. The van der Waals surface area contributed by atoms with Crippen molar-refractivity contribution in [3.05, 3.63) is 11.6 Å². The highest BCUT2D eigenvalue weighted by molar-refractivity contribution is 5.28. The summed E-state index contributed by atoms with van der Waals surface area (Å²) in [4.78, 5) is 0. The van der Waals surface area contributed by atoms with Gasteiger partial charge in [-0.1, -0.05) is 39.3 Å². The summed E-state index contributed by atoms with van der Waals surface area (Å²) in [6, 6.07) is 0. The number of hydrogen-bond donors (Lipinski definition) is 10. The summed E-state index contributed by atoms with van der Waals surface area (Å²) in [5.41, 5.74) is 0.556.